The number of fused-ring (bicyclic) bond motifs is 1. The molecule has 5 aliphatic rings. The SMILES string of the molecule is CC1=C2C3=NC=CC3=C1[Si]2(C)C.CCCCc1ccc(-c2cccc3c2C=C(C)[CH]3[Zr+2])cc1.[Cl-].[Cl-]. The van der Waals surface area contributed by atoms with Crippen molar-refractivity contribution in [2.75, 3.05) is 0 Å². The third kappa shape index (κ3) is 4.75. The molecule has 2 aliphatic carbocycles. The molecule has 1 atom stereocenters. The maximum Gasteiger partial charge on any atom is -1.00 e. The summed E-state index contributed by atoms with van der Waals surface area (Å²) >= 11 is 1.59. The molecule has 2 aromatic carbocycles. The third-order valence-corrected chi connectivity index (χ3v) is 13.2. The molecule has 2 bridgehead atoms. The number of nitrogens with zero attached hydrogens (tertiary/aromatic N) is 1. The van der Waals surface area contributed by atoms with E-state index in [-0.39, 0.29) is 24.8 Å². The van der Waals surface area contributed by atoms with Crippen molar-refractivity contribution in [3.8, 4) is 11.1 Å². The van der Waals surface area contributed by atoms with E-state index >= 15 is 0 Å². The molecule has 0 amide bonds. The van der Waals surface area contributed by atoms with Crippen LogP contribution in [-0.2, 0) is 31.1 Å². The van der Waals surface area contributed by atoms with Crippen LogP contribution in [0.4, 0.5) is 0 Å². The van der Waals surface area contributed by atoms with E-state index in [1.807, 2.05) is 6.20 Å². The summed E-state index contributed by atoms with van der Waals surface area (Å²) in [5, 5.41) is 3.27. The van der Waals surface area contributed by atoms with Crippen molar-refractivity contribution < 1.29 is 49.5 Å². The number of rotatable bonds is 4. The van der Waals surface area contributed by atoms with Crippen LogP contribution in [0.1, 0.15) is 53.9 Å². The van der Waals surface area contributed by atoms with E-state index in [0.29, 0.717) is 3.63 Å². The Bertz CT molecular complexity index is 1300. The van der Waals surface area contributed by atoms with E-state index in [1.54, 1.807) is 35.1 Å². The molecule has 0 N–H and O–H groups in total. The molecule has 0 spiro atoms. The fraction of sp³-hybridized carbons (Fsp3) is 0.300. The summed E-state index contributed by atoms with van der Waals surface area (Å²) in [5.74, 6) is 0. The van der Waals surface area contributed by atoms with Crippen molar-refractivity contribution in [1.29, 1.82) is 0 Å². The second-order valence-corrected chi connectivity index (χ2v) is 15.8. The van der Waals surface area contributed by atoms with Gasteiger partial charge in [-0.2, -0.15) is 0 Å². The van der Waals surface area contributed by atoms with Gasteiger partial charge in [-0.25, -0.2) is 0 Å². The van der Waals surface area contributed by atoms with Crippen molar-refractivity contribution in [3.05, 3.63) is 98.5 Å². The second kappa shape index (κ2) is 11.0. The maximum atomic E-state index is 4.42. The first kappa shape index (κ1) is 28.3. The summed E-state index contributed by atoms with van der Waals surface area (Å²) in [6.07, 6.45) is 10.2. The van der Waals surface area contributed by atoms with Gasteiger partial charge >= 0.3 is 143 Å². The molecule has 0 fully saturated rings. The van der Waals surface area contributed by atoms with Gasteiger partial charge in [0, 0.05) is 11.8 Å². The molecule has 3 heterocycles. The molecule has 179 valence electrons. The monoisotopic (exact) mass is 594 g/mol. The van der Waals surface area contributed by atoms with Crippen LogP contribution in [0.15, 0.2) is 86.8 Å². The summed E-state index contributed by atoms with van der Waals surface area (Å²) in [7, 11) is -1.13. The van der Waals surface area contributed by atoms with Gasteiger partial charge in [0.2, 0.25) is 0 Å². The number of hydrogen-bond donors (Lipinski definition) is 0. The van der Waals surface area contributed by atoms with Crippen molar-refractivity contribution in [1.82, 2.24) is 0 Å². The Morgan fingerprint density at radius 2 is 1.69 bits per heavy atom. The first-order valence-corrected chi connectivity index (χ1v) is 16.6. The minimum Gasteiger partial charge on any atom is -1.00 e. The molecule has 1 nitrogen and oxygen atoms in total. The average Bonchev–Trinajstić information content (AvgIpc) is 3.50. The largest absolute Gasteiger partial charge is 1.00 e. The molecule has 3 aliphatic heterocycles. The fourth-order valence-electron chi connectivity index (χ4n) is 5.91. The number of aliphatic imine (C=N–C) groups is 1. The topological polar surface area (TPSA) is 12.4 Å². The Hall–Kier alpha value is -1.25. The van der Waals surface area contributed by atoms with E-state index in [2.05, 4.69) is 93.5 Å². The summed E-state index contributed by atoms with van der Waals surface area (Å²) < 4.78 is 0.649. The standard InChI is InChI=1S/C20H21.C10H11NSi.2ClH.Zr/c1-3-4-6-16-9-11-17(12-10-16)19-8-5-7-18-13-15(2)14-20(18)19;1-6-9-7-4-5-11-8(7)10(6)12(9,2)3;;;/h5,7-14H,3-4,6H2,1-2H3;4-5H,1-3H3;2*1H;/q;;;;+2/p-2. The maximum absolute atomic E-state index is 4.42. The van der Waals surface area contributed by atoms with Gasteiger partial charge in [0.05, 0.1) is 5.71 Å². The van der Waals surface area contributed by atoms with Crippen LogP contribution in [0.25, 0.3) is 17.2 Å². The van der Waals surface area contributed by atoms with Gasteiger partial charge in [-0.1, -0.05) is 13.1 Å². The minimum absolute atomic E-state index is 0. The number of unbranched alkanes of at least 4 members (excludes halogenated alkanes) is 1. The van der Waals surface area contributed by atoms with Gasteiger partial charge in [0.15, 0.2) is 0 Å². The van der Waals surface area contributed by atoms with Crippen LogP contribution >= 0.6 is 0 Å². The van der Waals surface area contributed by atoms with E-state index in [9.17, 15) is 0 Å². The van der Waals surface area contributed by atoms with Gasteiger partial charge in [-0.3, -0.25) is 4.99 Å². The first-order valence-electron chi connectivity index (χ1n) is 12.2. The van der Waals surface area contributed by atoms with Crippen molar-refractivity contribution >= 4 is 19.9 Å². The number of aryl methyl sites for hydroxylation is 1. The van der Waals surface area contributed by atoms with E-state index in [4.69, 9.17) is 0 Å². The summed E-state index contributed by atoms with van der Waals surface area (Å²) in [4.78, 5) is 4.42. The predicted molar refractivity (Wildman–Crippen MR) is 141 cm³/mol. The molecule has 7 rings (SSSR count). The zero-order chi connectivity index (χ0) is 23.3. The zero-order valence-electron chi connectivity index (χ0n) is 21.2. The van der Waals surface area contributed by atoms with Gasteiger partial charge < -0.3 is 24.8 Å². The Balaban J connectivity index is 0.000000208. The van der Waals surface area contributed by atoms with Gasteiger partial charge in [0.25, 0.3) is 0 Å². The van der Waals surface area contributed by atoms with Crippen LogP contribution in [0.3, 0.4) is 0 Å². The number of hydrogen-bond acceptors (Lipinski definition) is 1. The van der Waals surface area contributed by atoms with E-state index in [0.717, 1.165) is 0 Å². The van der Waals surface area contributed by atoms with Crippen LogP contribution in [0.2, 0.25) is 13.1 Å². The van der Waals surface area contributed by atoms with E-state index < -0.39 is 8.07 Å². The van der Waals surface area contributed by atoms with Gasteiger partial charge in [0.1, 0.15) is 8.07 Å². The Morgan fingerprint density at radius 3 is 2.31 bits per heavy atom. The van der Waals surface area contributed by atoms with Crippen molar-refractivity contribution in [3.63, 3.8) is 0 Å². The summed E-state index contributed by atoms with van der Waals surface area (Å²) in [6, 6.07) is 15.9. The molecule has 0 aromatic heterocycles. The molecule has 0 saturated heterocycles. The summed E-state index contributed by atoms with van der Waals surface area (Å²) in [6.45, 7) is 11.6. The fourth-order valence-corrected chi connectivity index (χ4v) is 10.6. The average molecular weight is 597 g/mol. The van der Waals surface area contributed by atoms with Crippen LogP contribution in [0.5, 0.6) is 0 Å². The van der Waals surface area contributed by atoms with E-state index in [1.165, 1.54) is 69.5 Å². The zero-order valence-corrected chi connectivity index (χ0v) is 26.1. The quantitative estimate of drug-likeness (QED) is 0.480. The Morgan fingerprint density at radius 1 is 0.971 bits per heavy atom. The molecule has 0 saturated carbocycles. The molecular weight excluding hydrogens is 565 g/mol. The second-order valence-electron chi connectivity index (χ2n) is 10.1. The molecule has 0 radical (unpaired) electrons. The predicted octanol–water partition coefficient (Wildman–Crippen LogP) is 2.09. The molecule has 35 heavy (non-hydrogen) atoms. The van der Waals surface area contributed by atoms with Crippen LogP contribution in [0, 0.1) is 0 Å². The smallest absolute Gasteiger partial charge is 1.00 e. The van der Waals surface area contributed by atoms with Gasteiger partial charge in [-0.05, 0) is 29.0 Å². The minimum atomic E-state index is -1.13. The third-order valence-electron chi connectivity index (χ3n) is 7.57. The molecule has 2 aromatic rings. The molecule has 1 unspecified atom stereocenters. The molecule has 5 heteroatoms. The summed E-state index contributed by atoms with van der Waals surface area (Å²) in [5.41, 5.74) is 12.9. The van der Waals surface area contributed by atoms with Crippen LogP contribution < -0.4 is 24.8 Å². The Kier molecular flexibility index (Phi) is 8.91. The van der Waals surface area contributed by atoms with Crippen LogP contribution in [-0.4, -0.2) is 13.8 Å². The number of benzene rings is 2. The Labute approximate surface area is 239 Å². The number of allylic oxidation sites excluding steroid dienone is 6. The van der Waals surface area contributed by atoms with Gasteiger partial charge in [-0.15, -0.1) is 0 Å². The van der Waals surface area contributed by atoms with Crippen molar-refractivity contribution in [2.24, 2.45) is 4.99 Å². The number of halogens is 2. The normalized spacial score (nSPS) is 19.6. The first-order chi connectivity index (χ1) is 15.8. The molecular formula is C30H32Cl2NSiZr. The van der Waals surface area contributed by atoms with Crippen molar-refractivity contribution in [2.45, 2.75) is 56.8 Å².